The Balaban J connectivity index is 1.63. The van der Waals surface area contributed by atoms with Crippen LogP contribution in [0, 0.1) is 5.92 Å². The number of hydrogen-bond acceptors (Lipinski definition) is 7. The first kappa shape index (κ1) is 19.6. The predicted molar refractivity (Wildman–Crippen MR) is 110 cm³/mol. The molecule has 10 heteroatoms. The average molecular weight is 397 g/mol. The van der Waals surface area contributed by atoms with Crippen molar-refractivity contribution < 1.29 is 19.2 Å². The van der Waals surface area contributed by atoms with Crippen molar-refractivity contribution in [3.63, 3.8) is 0 Å². The molecule has 0 spiro atoms. The van der Waals surface area contributed by atoms with Gasteiger partial charge in [0.15, 0.2) is 5.82 Å². The highest BCUT2D eigenvalue weighted by Crippen LogP contribution is 2.28. The Kier molecular flexibility index (Phi) is 5.66. The van der Waals surface area contributed by atoms with Crippen LogP contribution >= 0.6 is 0 Å². The minimum absolute atomic E-state index is 0.0584. The molecule has 2 aromatic rings. The second-order valence-electron chi connectivity index (χ2n) is 7.25. The summed E-state index contributed by atoms with van der Waals surface area (Å²) in [7, 11) is 0.840. The van der Waals surface area contributed by atoms with Gasteiger partial charge in [0.2, 0.25) is 0 Å². The molecule has 152 valence electrons. The number of nitrogens with one attached hydrogen (secondary N) is 1. The van der Waals surface area contributed by atoms with Crippen LogP contribution in [0.15, 0.2) is 29.4 Å². The van der Waals surface area contributed by atoms with Crippen LogP contribution in [0.5, 0.6) is 0 Å². The van der Waals surface area contributed by atoms with Gasteiger partial charge in [-0.25, -0.2) is 0 Å². The number of aromatic nitrogens is 2. The first-order valence-electron chi connectivity index (χ1n) is 9.65. The van der Waals surface area contributed by atoms with E-state index in [0.29, 0.717) is 37.6 Å². The van der Waals surface area contributed by atoms with Crippen molar-refractivity contribution in [3.05, 3.63) is 35.5 Å². The lowest BCUT2D eigenvalue weighted by molar-refractivity contribution is 0.0385. The van der Waals surface area contributed by atoms with Gasteiger partial charge in [0.1, 0.15) is 5.56 Å². The Labute approximate surface area is 169 Å². The predicted octanol–water partition coefficient (Wildman–Crippen LogP) is 0.264. The molecule has 4 rings (SSSR count). The summed E-state index contributed by atoms with van der Waals surface area (Å²) in [6.45, 7) is 1.63. The minimum Gasteiger partial charge on any atom is -0.423 e. The van der Waals surface area contributed by atoms with Crippen LogP contribution in [0.25, 0.3) is 0 Å². The molecule has 0 saturated carbocycles. The SMILES string of the molecule is CN=CC1CCOCC1n1cc(C(N)=O)c(Nc2ccc3c(c2)CCOB3O)n1. The second-order valence-corrected chi connectivity index (χ2v) is 7.25. The van der Waals surface area contributed by atoms with Gasteiger partial charge in [-0.2, -0.15) is 5.10 Å². The van der Waals surface area contributed by atoms with E-state index in [1.165, 1.54) is 0 Å². The zero-order valence-corrected chi connectivity index (χ0v) is 16.2. The van der Waals surface area contributed by atoms with Gasteiger partial charge in [-0.05, 0) is 36.0 Å². The topological polar surface area (TPSA) is 124 Å². The van der Waals surface area contributed by atoms with Crippen molar-refractivity contribution in [1.29, 1.82) is 0 Å². The first-order chi connectivity index (χ1) is 14.1. The quantitative estimate of drug-likeness (QED) is 0.491. The van der Waals surface area contributed by atoms with Crippen molar-refractivity contribution in [2.45, 2.75) is 18.9 Å². The molecular weight excluding hydrogens is 373 g/mol. The maximum absolute atomic E-state index is 12.0. The molecule has 1 fully saturated rings. The van der Waals surface area contributed by atoms with Crippen molar-refractivity contribution in [2.24, 2.45) is 16.6 Å². The Bertz CT molecular complexity index is 931. The van der Waals surface area contributed by atoms with Crippen molar-refractivity contribution in [3.8, 4) is 0 Å². The highest BCUT2D eigenvalue weighted by molar-refractivity contribution is 6.60. The third-order valence-corrected chi connectivity index (χ3v) is 5.38. The number of benzene rings is 1. The Hall–Kier alpha value is -2.69. The van der Waals surface area contributed by atoms with Crippen molar-refractivity contribution in [1.82, 2.24) is 9.78 Å². The van der Waals surface area contributed by atoms with Crippen LogP contribution in [0.4, 0.5) is 11.5 Å². The van der Waals surface area contributed by atoms with Gasteiger partial charge in [-0.1, -0.05) is 6.07 Å². The number of primary amides is 1. The van der Waals surface area contributed by atoms with Gasteiger partial charge in [0.05, 0.1) is 12.6 Å². The van der Waals surface area contributed by atoms with Crippen LogP contribution in [-0.4, -0.2) is 60.9 Å². The lowest BCUT2D eigenvalue weighted by Crippen LogP contribution is -2.41. The van der Waals surface area contributed by atoms with E-state index < -0.39 is 13.0 Å². The number of nitrogens with zero attached hydrogens (tertiary/aromatic N) is 3. The molecule has 3 heterocycles. The number of ether oxygens (including phenoxy) is 1. The molecule has 2 atom stereocenters. The van der Waals surface area contributed by atoms with E-state index in [2.05, 4.69) is 15.4 Å². The summed E-state index contributed by atoms with van der Waals surface area (Å²) in [4.78, 5) is 16.2. The molecule has 4 N–H and O–H groups in total. The molecule has 1 aromatic heterocycles. The zero-order chi connectivity index (χ0) is 20.4. The third kappa shape index (κ3) is 4.05. The summed E-state index contributed by atoms with van der Waals surface area (Å²) in [5, 5.41) is 17.7. The highest BCUT2D eigenvalue weighted by atomic mass is 16.5. The summed E-state index contributed by atoms with van der Waals surface area (Å²) in [5.74, 6) is 0.00764. The number of carbonyl (C=O) groups is 1. The summed E-state index contributed by atoms with van der Waals surface area (Å²) >= 11 is 0. The molecule has 0 bridgehead atoms. The Morgan fingerprint density at radius 2 is 2.34 bits per heavy atom. The largest absolute Gasteiger partial charge is 0.491 e. The van der Waals surface area contributed by atoms with Crippen molar-refractivity contribution >= 4 is 36.2 Å². The van der Waals surface area contributed by atoms with Crippen molar-refractivity contribution in [2.75, 3.05) is 32.2 Å². The Morgan fingerprint density at radius 3 is 3.14 bits per heavy atom. The minimum atomic E-state index is -0.906. The number of rotatable bonds is 5. The van der Waals surface area contributed by atoms with Crippen LogP contribution < -0.4 is 16.5 Å². The average Bonchev–Trinajstić information content (AvgIpc) is 3.13. The Morgan fingerprint density at radius 1 is 1.48 bits per heavy atom. The zero-order valence-electron chi connectivity index (χ0n) is 16.2. The third-order valence-electron chi connectivity index (χ3n) is 5.38. The van der Waals surface area contributed by atoms with Crippen LogP contribution in [0.3, 0.4) is 0 Å². The lowest BCUT2D eigenvalue weighted by Gasteiger charge is -2.29. The number of fused-ring (bicyclic) bond motifs is 1. The van der Waals surface area contributed by atoms with E-state index >= 15 is 0 Å². The van der Waals surface area contributed by atoms with Gasteiger partial charge in [-0.15, -0.1) is 0 Å². The number of amides is 1. The highest BCUT2D eigenvalue weighted by Gasteiger charge is 2.29. The number of hydrogen-bond donors (Lipinski definition) is 3. The molecule has 2 aliphatic rings. The van der Waals surface area contributed by atoms with E-state index in [1.54, 1.807) is 17.9 Å². The molecule has 9 nitrogen and oxygen atoms in total. The van der Waals surface area contributed by atoms with Gasteiger partial charge in [0.25, 0.3) is 5.91 Å². The molecule has 1 saturated heterocycles. The fourth-order valence-electron chi connectivity index (χ4n) is 3.86. The maximum atomic E-state index is 12.0. The normalized spacial score (nSPS) is 21.9. The van der Waals surface area contributed by atoms with E-state index in [4.69, 9.17) is 15.1 Å². The number of aliphatic imine (C=N–C) groups is 1. The van der Waals surface area contributed by atoms with Gasteiger partial charge in [-0.3, -0.25) is 9.48 Å². The van der Waals surface area contributed by atoms with Gasteiger partial charge < -0.3 is 30.5 Å². The number of nitrogens with two attached hydrogens (primary N) is 1. The molecular formula is C19H24BN5O4. The fourth-order valence-corrected chi connectivity index (χ4v) is 3.86. The smallest absolute Gasteiger partial charge is 0.423 e. The van der Waals surface area contributed by atoms with E-state index in [0.717, 1.165) is 23.1 Å². The molecule has 29 heavy (non-hydrogen) atoms. The lowest BCUT2D eigenvalue weighted by atomic mass is 9.73. The van der Waals surface area contributed by atoms with Gasteiger partial charge >= 0.3 is 7.12 Å². The van der Waals surface area contributed by atoms with Crippen LogP contribution in [0.1, 0.15) is 28.4 Å². The molecule has 1 amide bonds. The number of anilines is 2. The maximum Gasteiger partial charge on any atom is 0.491 e. The van der Waals surface area contributed by atoms with Crippen LogP contribution in [-0.2, 0) is 15.8 Å². The van der Waals surface area contributed by atoms with Crippen LogP contribution in [0.2, 0.25) is 0 Å². The summed E-state index contributed by atoms with van der Waals surface area (Å²) in [5.41, 5.74) is 8.41. The summed E-state index contributed by atoms with van der Waals surface area (Å²) < 4.78 is 12.6. The van der Waals surface area contributed by atoms with E-state index in [-0.39, 0.29) is 12.0 Å². The number of carbonyl (C=O) groups excluding carboxylic acids is 1. The van der Waals surface area contributed by atoms with E-state index in [1.807, 2.05) is 24.4 Å². The van der Waals surface area contributed by atoms with Gasteiger partial charge in [0, 0.05) is 44.3 Å². The molecule has 2 unspecified atom stereocenters. The molecule has 2 aliphatic heterocycles. The second kappa shape index (κ2) is 8.36. The summed E-state index contributed by atoms with van der Waals surface area (Å²) in [6, 6.07) is 5.50. The molecule has 0 radical (unpaired) electrons. The monoisotopic (exact) mass is 397 g/mol. The fraction of sp³-hybridized carbons (Fsp3) is 0.421. The molecule has 1 aromatic carbocycles. The molecule has 0 aliphatic carbocycles. The summed E-state index contributed by atoms with van der Waals surface area (Å²) in [6.07, 6.45) is 5.11. The standard InChI is InChI=1S/C19H24BN5O4/c1-22-9-13-4-6-28-11-17(13)25-10-15(18(21)26)19(24-25)23-14-2-3-16-12(8-14)5-7-29-20(16)27/h2-3,8-10,13,17,27H,4-7,11H2,1H3,(H2,21,26)(H,23,24). The van der Waals surface area contributed by atoms with E-state index in [9.17, 15) is 9.82 Å². The first-order valence-corrected chi connectivity index (χ1v) is 9.65.